The van der Waals surface area contributed by atoms with Gasteiger partial charge in [0.15, 0.2) is 5.82 Å². The minimum absolute atomic E-state index is 0.523. The fraction of sp³-hybridized carbons (Fsp3) is 0.286. The maximum absolute atomic E-state index is 4.50. The normalized spacial score (nSPS) is 11.3. The summed E-state index contributed by atoms with van der Waals surface area (Å²) in [5.74, 6) is 2.22. The first kappa shape index (κ1) is 19.3. The van der Waals surface area contributed by atoms with Gasteiger partial charge >= 0.3 is 0 Å². The van der Waals surface area contributed by atoms with Crippen molar-refractivity contribution in [1.82, 2.24) is 35.4 Å². The molecule has 7 nitrogen and oxygen atoms in total. The van der Waals surface area contributed by atoms with E-state index in [1.54, 1.807) is 0 Å². The van der Waals surface area contributed by atoms with E-state index in [-0.39, 0.29) is 0 Å². The summed E-state index contributed by atoms with van der Waals surface area (Å²) in [6.45, 7) is 5.28. The predicted molar refractivity (Wildman–Crippen MR) is 115 cm³/mol. The lowest BCUT2D eigenvalue weighted by atomic mass is 9.98. The van der Waals surface area contributed by atoms with Crippen molar-refractivity contribution in [3.05, 3.63) is 59.9 Å². The lowest BCUT2D eigenvalue weighted by molar-refractivity contribution is 0.472. The number of tetrazole rings is 1. The highest BCUT2D eigenvalue weighted by Gasteiger charge is 2.12. The number of hydrogen-bond acceptors (Lipinski definition) is 6. The fourth-order valence-corrected chi connectivity index (χ4v) is 3.47. The van der Waals surface area contributed by atoms with Crippen LogP contribution in [0.2, 0.25) is 0 Å². The second-order valence-corrected chi connectivity index (χ2v) is 7.80. The smallest absolute Gasteiger partial charge is 0.205 e. The molecule has 0 aliphatic rings. The number of thiol groups is 1. The highest BCUT2D eigenvalue weighted by molar-refractivity contribution is 7.80. The number of benzene rings is 2. The zero-order valence-electron chi connectivity index (χ0n) is 16.4. The molecule has 2 aromatic carbocycles. The van der Waals surface area contributed by atoms with Gasteiger partial charge in [0.25, 0.3) is 0 Å². The van der Waals surface area contributed by atoms with E-state index in [1.807, 2.05) is 22.9 Å². The Kier molecular flexibility index (Phi) is 5.71. The lowest BCUT2D eigenvalue weighted by Gasteiger charge is -2.10. The molecule has 0 radical (unpaired) electrons. The molecule has 0 unspecified atom stereocenters. The zero-order valence-corrected chi connectivity index (χ0v) is 17.3. The van der Waals surface area contributed by atoms with Gasteiger partial charge in [-0.3, -0.25) is 0 Å². The summed E-state index contributed by atoms with van der Waals surface area (Å²) < 4.78 is 1.97. The van der Waals surface area contributed by atoms with E-state index in [0.717, 1.165) is 41.9 Å². The van der Waals surface area contributed by atoms with Crippen molar-refractivity contribution in [2.24, 2.45) is 5.92 Å². The first-order valence-corrected chi connectivity index (χ1v) is 10.1. The van der Waals surface area contributed by atoms with Crippen LogP contribution in [0.5, 0.6) is 0 Å². The van der Waals surface area contributed by atoms with Crippen molar-refractivity contribution in [3.63, 3.8) is 0 Å². The largest absolute Gasteiger partial charge is 0.249 e. The molecule has 1 N–H and O–H groups in total. The molecule has 0 amide bonds. The third-order valence-electron chi connectivity index (χ3n) is 4.81. The average molecular weight is 406 g/mol. The topological polar surface area (TPSA) is 85.2 Å². The summed E-state index contributed by atoms with van der Waals surface area (Å²) in [7, 11) is 0. The van der Waals surface area contributed by atoms with E-state index in [9.17, 15) is 0 Å². The van der Waals surface area contributed by atoms with Crippen LogP contribution in [0.15, 0.2) is 53.7 Å². The van der Waals surface area contributed by atoms with E-state index < -0.39 is 0 Å². The molecule has 4 rings (SSSR count). The highest BCUT2D eigenvalue weighted by atomic mass is 32.1. The molecule has 148 valence electrons. The van der Waals surface area contributed by atoms with Gasteiger partial charge in [-0.2, -0.15) is 0 Å². The van der Waals surface area contributed by atoms with Gasteiger partial charge in [-0.15, -0.1) is 22.8 Å². The summed E-state index contributed by atoms with van der Waals surface area (Å²) in [6.07, 6.45) is 1.79. The van der Waals surface area contributed by atoms with Crippen molar-refractivity contribution in [1.29, 1.82) is 0 Å². The van der Waals surface area contributed by atoms with Gasteiger partial charge in [-0.25, -0.2) is 14.8 Å². The second-order valence-electron chi connectivity index (χ2n) is 7.40. The SMILES string of the molecule is CC(C)CCn1nc(S)nc1Cc1ccc(-c2ccccc2-c2nnn[nH]2)cc1. The summed E-state index contributed by atoms with van der Waals surface area (Å²) >= 11 is 4.33. The molecule has 0 saturated carbocycles. The van der Waals surface area contributed by atoms with Crippen molar-refractivity contribution in [2.45, 2.75) is 38.4 Å². The van der Waals surface area contributed by atoms with Crippen LogP contribution in [0.3, 0.4) is 0 Å². The number of hydrogen-bond donors (Lipinski definition) is 2. The third kappa shape index (κ3) is 4.54. The van der Waals surface area contributed by atoms with Crippen LogP contribution in [0.25, 0.3) is 22.5 Å². The Bertz CT molecular complexity index is 1070. The molecule has 2 aromatic heterocycles. The fourth-order valence-electron chi connectivity index (χ4n) is 3.25. The van der Waals surface area contributed by atoms with Gasteiger partial charge in [0.05, 0.1) is 0 Å². The second kappa shape index (κ2) is 8.57. The number of nitrogens with zero attached hydrogens (tertiary/aromatic N) is 6. The monoisotopic (exact) mass is 405 g/mol. The molecular weight excluding hydrogens is 382 g/mol. The Labute approximate surface area is 175 Å². The molecule has 0 aliphatic heterocycles. The van der Waals surface area contributed by atoms with Gasteiger partial charge in [-0.05, 0) is 39.5 Å². The highest BCUT2D eigenvalue weighted by Crippen LogP contribution is 2.30. The summed E-state index contributed by atoms with van der Waals surface area (Å²) in [4.78, 5) is 4.50. The molecule has 0 atom stereocenters. The number of aryl methyl sites for hydroxylation is 1. The van der Waals surface area contributed by atoms with Crippen molar-refractivity contribution >= 4 is 12.6 Å². The van der Waals surface area contributed by atoms with E-state index in [2.05, 4.69) is 87.5 Å². The Hall–Kier alpha value is -3.00. The van der Waals surface area contributed by atoms with Crippen LogP contribution in [-0.4, -0.2) is 35.4 Å². The van der Waals surface area contributed by atoms with Crippen molar-refractivity contribution < 1.29 is 0 Å². The number of nitrogens with one attached hydrogen (secondary N) is 1. The molecule has 4 aromatic rings. The zero-order chi connectivity index (χ0) is 20.2. The Balaban J connectivity index is 1.56. The third-order valence-corrected chi connectivity index (χ3v) is 5.00. The lowest BCUT2D eigenvalue weighted by Crippen LogP contribution is -2.08. The summed E-state index contributed by atoms with van der Waals surface area (Å²) in [5.41, 5.74) is 4.34. The maximum atomic E-state index is 4.50. The molecule has 2 heterocycles. The Morgan fingerprint density at radius 2 is 1.79 bits per heavy atom. The van der Waals surface area contributed by atoms with Crippen molar-refractivity contribution in [2.75, 3.05) is 0 Å². The minimum atomic E-state index is 0.523. The van der Waals surface area contributed by atoms with Crippen LogP contribution in [0.4, 0.5) is 0 Å². The maximum Gasteiger partial charge on any atom is 0.205 e. The number of aromatic amines is 1. The standard InChI is InChI=1S/C21H23N7S/c1-14(2)11-12-28-19(22-21(29)25-28)13-15-7-9-16(10-8-15)17-5-3-4-6-18(17)20-23-26-27-24-20/h3-10,14H,11-13H2,1-2H3,(H,25,29)(H,23,24,26,27). The van der Waals surface area contributed by atoms with E-state index in [0.29, 0.717) is 16.9 Å². The van der Waals surface area contributed by atoms with E-state index >= 15 is 0 Å². The van der Waals surface area contributed by atoms with Crippen LogP contribution in [0.1, 0.15) is 31.7 Å². The summed E-state index contributed by atoms with van der Waals surface area (Å²) in [6, 6.07) is 16.6. The molecule has 0 spiro atoms. The van der Waals surface area contributed by atoms with Gasteiger partial charge in [0, 0.05) is 18.5 Å². The summed E-state index contributed by atoms with van der Waals surface area (Å²) in [5, 5.41) is 19.2. The van der Waals surface area contributed by atoms with Crippen LogP contribution >= 0.6 is 12.6 Å². The number of aromatic nitrogens is 7. The predicted octanol–water partition coefficient (Wildman–Crippen LogP) is 4.05. The van der Waals surface area contributed by atoms with E-state index in [1.165, 1.54) is 5.56 Å². The van der Waals surface area contributed by atoms with Gasteiger partial charge < -0.3 is 0 Å². The molecule has 0 bridgehead atoms. The minimum Gasteiger partial charge on any atom is -0.249 e. The quantitative estimate of drug-likeness (QED) is 0.453. The van der Waals surface area contributed by atoms with Gasteiger partial charge in [0.1, 0.15) is 5.82 Å². The Morgan fingerprint density at radius 1 is 1.03 bits per heavy atom. The average Bonchev–Trinajstić information content (AvgIpc) is 3.37. The van der Waals surface area contributed by atoms with Gasteiger partial charge in [0.2, 0.25) is 5.16 Å². The van der Waals surface area contributed by atoms with E-state index in [4.69, 9.17) is 0 Å². The molecule has 0 fully saturated rings. The number of H-pyrrole nitrogens is 1. The first-order chi connectivity index (χ1) is 14.1. The first-order valence-electron chi connectivity index (χ1n) is 9.65. The Morgan fingerprint density at radius 3 is 2.48 bits per heavy atom. The molecule has 8 heteroatoms. The molecule has 0 aliphatic carbocycles. The molecule has 0 saturated heterocycles. The van der Waals surface area contributed by atoms with Gasteiger partial charge in [-0.1, -0.05) is 62.4 Å². The molecular formula is C21H23N7S. The van der Waals surface area contributed by atoms with Crippen LogP contribution < -0.4 is 0 Å². The van der Waals surface area contributed by atoms with Crippen molar-refractivity contribution in [3.8, 4) is 22.5 Å². The van der Waals surface area contributed by atoms with Crippen LogP contribution in [-0.2, 0) is 13.0 Å². The molecule has 29 heavy (non-hydrogen) atoms. The number of rotatable bonds is 7. The van der Waals surface area contributed by atoms with Crippen LogP contribution in [0, 0.1) is 5.92 Å².